The number of carbonyl (C=O) groups excluding carboxylic acids is 1. The predicted octanol–water partition coefficient (Wildman–Crippen LogP) is 3.21. The number of ether oxygens (including phenoxy) is 1. The molecule has 4 N–H and O–H groups in total. The fraction of sp³-hybridized carbons (Fsp3) is 0.0500. The summed E-state index contributed by atoms with van der Waals surface area (Å²) in [5, 5.41) is 7.43. The highest BCUT2D eigenvalue weighted by molar-refractivity contribution is 5.95. The van der Waals surface area contributed by atoms with Gasteiger partial charge in [0.05, 0.1) is 12.8 Å². The number of nitrogen functional groups attached to an aromatic ring is 1. The SMILES string of the molecule is COC(=O)/C=C/c1ccc(-c2nc(-c3ccc(C(=N)N)cc3)c[nH]2)cc1. The number of nitrogens with two attached hydrogens (primary N) is 1. The number of aromatic amines is 1. The number of carbonyl (C=O) groups is 1. The third-order valence-electron chi connectivity index (χ3n) is 3.87. The third kappa shape index (κ3) is 3.87. The van der Waals surface area contributed by atoms with E-state index >= 15 is 0 Å². The van der Waals surface area contributed by atoms with Crippen molar-refractivity contribution in [3.8, 4) is 22.6 Å². The highest BCUT2D eigenvalue weighted by Gasteiger charge is 2.07. The molecule has 0 aliphatic heterocycles. The Balaban J connectivity index is 1.78. The Bertz CT molecular complexity index is 954. The normalized spacial score (nSPS) is 10.8. The maximum Gasteiger partial charge on any atom is 0.330 e. The Labute approximate surface area is 150 Å². The number of benzene rings is 2. The molecule has 0 unspecified atom stereocenters. The van der Waals surface area contributed by atoms with Crippen LogP contribution < -0.4 is 5.73 Å². The van der Waals surface area contributed by atoms with Crippen LogP contribution in [0.4, 0.5) is 0 Å². The smallest absolute Gasteiger partial charge is 0.330 e. The Morgan fingerprint density at radius 1 is 1.12 bits per heavy atom. The van der Waals surface area contributed by atoms with E-state index in [-0.39, 0.29) is 11.8 Å². The molecule has 130 valence electrons. The van der Waals surface area contributed by atoms with E-state index in [1.54, 1.807) is 18.2 Å². The number of methoxy groups -OCH3 is 1. The molecule has 3 rings (SSSR count). The van der Waals surface area contributed by atoms with Crippen LogP contribution in [0.5, 0.6) is 0 Å². The van der Waals surface area contributed by atoms with Crippen molar-refractivity contribution < 1.29 is 9.53 Å². The minimum Gasteiger partial charge on any atom is -0.466 e. The van der Waals surface area contributed by atoms with E-state index in [0.717, 1.165) is 28.2 Å². The fourth-order valence-corrected chi connectivity index (χ4v) is 2.42. The van der Waals surface area contributed by atoms with Gasteiger partial charge in [-0.05, 0) is 11.6 Å². The van der Waals surface area contributed by atoms with Gasteiger partial charge in [0, 0.05) is 29.0 Å². The summed E-state index contributed by atoms with van der Waals surface area (Å²) in [5.74, 6) is 0.403. The molecule has 6 heteroatoms. The lowest BCUT2D eigenvalue weighted by Gasteiger charge is -2.00. The summed E-state index contributed by atoms with van der Waals surface area (Å²) in [6.07, 6.45) is 4.91. The van der Waals surface area contributed by atoms with Crippen molar-refractivity contribution in [2.24, 2.45) is 5.73 Å². The molecule has 3 aromatic rings. The molecule has 1 heterocycles. The van der Waals surface area contributed by atoms with Crippen molar-refractivity contribution in [3.63, 3.8) is 0 Å². The van der Waals surface area contributed by atoms with Gasteiger partial charge >= 0.3 is 5.97 Å². The van der Waals surface area contributed by atoms with Gasteiger partial charge in [-0.3, -0.25) is 5.41 Å². The molecule has 0 aliphatic carbocycles. The molecule has 0 atom stereocenters. The molecule has 0 saturated heterocycles. The summed E-state index contributed by atoms with van der Waals surface area (Å²) in [5.41, 5.74) is 9.73. The summed E-state index contributed by atoms with van der Waals surface area (Å²) in [4.78, 5) is 18.9. The first kappa shape index (κ1) is 17.2. The zero-order chi connectivity index (χ0) is 18.5. The minimum atomic E-state index is -0.388. The molecule has 0 radical (unpaired) electrons. The molecule has 1 aromatic heterocycles. The number of nitrogens with zero attached hydrogens (tertiary/aromatic N) is 1. The van der Waals surface area contributed by atoms with Crippen LogP contribution in [0.25, 0.3) is 28.7 Å². The molecule has 0 amide bonds. The molecule has 0 bridgehead atoms. The zero-order valence-electron chi connectivity index (χ0n) is 14.2. The molecular weight excluding hydrogens is 328 g/mol. The van der Waals surface area contributed by atoms with Crippen LogP contribution in [0.3, 0.4) is 0 Å². The van der Waals surface area contributed by atoms with E-state index in [0.29, 0.717) is 5.56 Å². The van der Waals surface area contributed by atoms with E-state index in [4.69, 9.17) is 11.1 Å². The molecule has 0 aliphatic rings. The van der Waals surface area contributed by atoms with Gasteiger partial charge in [-0.1, -0.05) is 48.5 Å². The lowest BCUT2D eigenvalue weighted by atomic mass is 10.1. The van der Waals surface area contributed by atoms with E-state index in [1.807, 2.05) is 42.6 Å². The van der Waals surface area contributed by atoms with Crippen molar-refractivity contribution in [1.29, 1.82) is 5.41 Å². The molecule has 6 nitrogen and oxygen atoms in total. The van der Waals surface area contributed by atoms with Crippen LogP contribution in [0, 0.1) is 5.41 Å². The summed E-state index contributed by atoms with van der Waals surface area (Å²) >= 11 is 0. The summed E-state index contributed by atoms with van der Waals surface area (Å²) in [7, 11) is 1.35. The number of hydrogen-bond donors (Lipinski definition) is 3. The van der Waals surface area contributed by atoms with Gasteiger partial charge in [-0.2, -0.15) is 0 Å². The van der Waals surface area contributed by atoms with Gasteiger partial charge in [0.2, 0.25) is 0 Å². The second-order valence-corrected chi connectivity index (χ2v) is 5.60. The van der Waals surface area contributed by atoms with Crippen LogP contribution in [0.2, 0.25) is 0 Å². The Morgan fingerprint density at radius 2 is 1.77 bits per heavy atom. The van der Waals surface area contributed by atoms with Crippen LogP contribution in [-0.2, 0) is 9.53 Å². The van der Waals surface area contributed by atoms with Crippen molar-refractivity contribution >= 4 is 17.9 Å². The number of H-pyrrole nitrogens is 1. The van der Waals surface area contributed by atoms with E-state index in [9.17, 15) is 4.79 Å². The average molecular weight is 346 g/mol. The Morgan fingerprint density at radius 3 is 2.38 bits per heavy atom. The minimum absolute atomic E-state index is 0.0422. The van der Waals surface area contributed by atoms with Crippen LogP contribution in [0.15, 0.2) is 60.8 Å². The second kappa shape index (κ2) is 7.48. The highest BCUT2D eigenvalue weighted by Crippen LogP contribution is 2.23. The number of nitrogens with one attached hydrogen (secondary N) is 2. The van der Waals surface area contributed by atoms with Crippen molar-refractivity contribution in [2.75, 3.05) is 7.11 Å². The van der Waals surface area contributed by atoms with Gasteiger partial charge in [0.25, 0.3) is 0 Å². The molecule has 0 fully saturated rings. The molecular formula is C20H18N4O2. The Kier molecular flexibility index (Phi) is 4.94. The first-order valence-corrected chi connectivity index (χ1v) is 7.93. The summed E-state index contributed by atoms with van der Waals surface area (Å²) in [6, 6.07) is 15.0. The number of amidine groups is 1. The number of rotatable bonds is 5. The van der Waals surface area contributed by atoms with Crippen LogP contribution in [0.1, 0.15) is 11.1 Å². The summed E-state index contributed by atoms with van der Waals surface area (Å²) < 4.78 is 4.57. The summed E-state index contributed by atoms with van der Waals surface area (Å²) in [6.45, 7) is 0. The van der Waals surface area contributed by atoms with Crippen LogP contribution in [-0.4, -0.2) is 28.9 Å². The molecule has 2 aromatic carbocycles. The number of hydrogen-bond acceptors (Lipinski definition) is 4. The van der Waals surface area contributed by atoms with E-state index < -0.39 is 0 Å². The lowest BCUT2D eigenvalue weighted by molar-refractivity contribution is -0.134. The van der Waals surface area contributed by atoms with Crippen molar-refractivity contribution in [3.05, 3.63) is 71.9 Å². The highest BCUT2D eigenvalue weighted by atomic mass is 16.5. The second-order valence-electron chi connectivity index (χ2n) is 5.60. The first-order chi connectivity index (χ1) is 12.6. The maximum atomic E-state index is 11.1. The molecule has 26 heavy (non-hydrogen) atoms. The standard InChI is InChI=1S/C20H18N4O2/c1-26-18(25)11-4-13-2-5-16(6-3-13)20-23-12-17(24-20)14-7-9-15(10-8-14)19(21)22/h2-12H,1H3,(H3,21,22)(H,23,24)/b11-4+. The van der Waals surface area contributed by atoms with Crippen molar-refractivity contribution in [2.45, 2.75) is 0 Å². The van der Waals surface area contributed by atoms with Crippen molar-refractivity contribution in [1.82, 2.24) is 9.97 Å². The van der Waals surface area contributed by atoms with Crippen LogP contribution >= 0.6 is 0 Å². The first-order valence-electron chi connectivity index (χ1n) is 7.93. The third-order valence-corrected chi connectivity index (χ3v) is 3.87. The van der Waals surface area contributed by atoms with E-state index in [2.05, 4.69) is 14.7 Å². The zero-order valence-corrected chi connectivity index (χ0v) is 14.2. The largest absolute Gasteiger partial charge is 0.466 e. The molecule has 0 spiro atoms. The molecule has 0 saturated carbocycles. The van der Waals surface area contributed by atoms with Gasteiger partial charge in [-0.25, -0.2) is 9.78 Å². The number of esters is 1. The van der Waals surface area contributed by atoms with Gasteiger partial charge in [0.1, 0.15) is 11.7 Å². The fourth-order valence-electron chi connectivity index (χ4n) is 2.42. The number of imidazole rings is 1. The van der Waals surface area contributed by atoms with Gasteiger partial charge in [0.15, 0.2) is 0 Å². The number of aromatic nitrogens is 2. The van der Waals surface area contributed by atoms with E-state index in [1.165, 1.54) is 13.2 Å². The average Bonchev–Trinajstić information content (AvgIpc) is 3.16. The topological polar surface area (TPSA) is 105 Å². The predicted molar refractivity (Wildman–Crippen MR) is 102 cm³/mol. The maximum absolute atomic E-state index is 11.1. The quantitative estimate of drug-likeness (QED) is 0.285. The van der Waals surface area contributed by atoms with Gasteiger partial charge < -0.3 is 15.5 Å². The lowest BCUT2D eigenvalue weighted by Crippen LogP contribution is -2.10. The van der Waals surface area contributed by atoms with Gasteiger partial charge in [-0.15, -0.1) is 0 Å². The Hall–Kier alpha value is -3.67. The monoisotopic (exact) mass is 346 g/mol.